The van der Waals surface area contributed by atoms with Crippen LogP contribution >= 0.6 is 11.3 Å². The number of para-hydroxylation sites is 1. The van der Waals surface area contributed by atoms with Gasteiger partial charge in [-0.2, -0.15) is 0 Å². The summed E-state index contributed by atoms with van der Waals surface area (Å²) in [7, 11) is 0. The van der Waals surface area contributed by atoms with Crippen LogP contribution in [0.25, 0.3) is 21.0 Å². The summed E-state index contributed by atoms with van der Waals surface area (Å²) in [5.41, 5.74) is 2.27. The number of halogens is 1. The molecule has 1 aliphatic heterocycles. The first kappa shape index (κ1) is 18.8. The smallest absolute Gasteiger partial charge is 0.287 e. The van der Waals surface area contributed by atoms with Crippen molar-refractivity contribution in [2.45, 2.75) is 13.0 Å². The molecule has 1 amide bonds. The van der Waals surface area contributed by atoms with Crippen molar-refractivity contribution in [2.75, 3.05) is 13.3 Å². The topological polar surface area (TPSA) is 73.6 Å². The SMILES string of the molecule is O=C(NCCc1cc(F)cc2c1OCOC2)c1ccc(-c2nc3ccccc3s2)o1. The third-order valence-corrected chi connectivity index (χ3v) is 5.82. The van der Waals surface area contributed by atoms with E-state index in [-0.39, 0.29) is 24.3 Å². The average Bonchev–Trinajstić information content (AvgIpc) is 3.40. The maximum atomic E-state index is 13.8. The van der Waals surface area contributed by atoms with Gasteiger partial charge in [0.25, 0.3) is 5.91 Å². The van der Waals surface area contributed by atoms with E-state index in [0.717, 1.165) is 15.2 Å². The van der Waals surface area contributed by atoms with Crippen molar-refractivity contribution < 1.29 is 23.1 Å². The van der Waals surface area contributed by atoms with E-state index in [2.05, 4.69) is 10.3 Å². The van der Waals surface area contributed by atoms with Gasteiger partial charge < -0.3 is 19.2 Å². The van der Waals surface area contributed by atoms with Gasteiger partial charge in [0.05, 0.1) is 16.8 Å². The highest BCUT2D eigenvalue weighted by Gasteiger charge is 2.18. The van der Waals surface area contributed by atoms with Gasteiger partial charge >= 0.3 is 0 Å². The maximum absolute atomic E-state index is 13.8. The molecule has 0 unspecified atom stereocenters. The number of amides is 1. The number of nitrogens with one attached hydrogen (secondary N) is 1. The lowest BCUT2D eigenvalue weighted by Crippen LogP contribution is -2.25. The molecule has 1 aliphatic rings. The first-order chi connectivity index (χ1) is 14.7. The lowest BCUT2D eigenvalue weighted by molar-refractivity contribution is -0.0172. The molecule has 8 heteroatoms. The van der Waals surface area contributed by atoms with Gasteiger partial charge in [-0.3, -0.25) is 4.79 Å². The molecule has 6 nitrogen and oxygen atoms in total. The second kappa shape index (κ2) is 7.89. The summed E-state index contributed by atoms with van der Waals surface area (Å²) in [6, 6.07) is 14.0. The Morgan fingerprint density at radius 2 is 2.10 bits per heavy atom. The highest BCUT2D eigenvalue weighted by Crippen LogP contribution is 2.31. The van der Waals surface area contributed by atoms with E-state index in [9.17, 15) is 9.18 Å². The van der Waals surface area contributed by atoms with Gasteiger partial charge in [0.15, 0.2) is 23.3 Å². The molecule has 152 valence electrons. The van der Waals surface area contributed by atoms with Crippen molar-refractivity contribution in [3.63, 3.8) is 0 Å². The number of carbonyl (C=O) groups is 1. The van der Waals surface area contributed by atoms with Crippen molar-refractivity contribution in [3.05, 3.63) is 71.2 Å². The number of rotatable bonds is 5. The fourth-order valence-corrected chi connectivity index (χ4v) is 4.32. The highest BCUT2D eigenvalue weighted by atomic mass is 32.1. The van der Waals surface area contributed by atoms with Gasteiger partial charge in [0, 0.05) is 12.1 Å². The quantitative estimate of drug-likeness (QED) is 0.509. The number of thiazole rings is 1. The average molecular weight is 424 g/mol. The molecule has 2 aromatic carbocycles. The van der Waals surface area contributed by atoms with Crippen LogP contribution in [0.1, 0.15) is 21.7 Å². The van der Waals surface area contributed by atoms with E-state index in [1.165, 1.54) is 23.5 Å². The van der Waals surface area contributed by atoms with Gasteiger partial charge in [0.1, 0.15) is 11.6 Å². The molecule has 5 rings (SSSR count). The van der Waals surface area contributed by atoms with E-state index >= 15 is 0 Å². The molecule has 0 fully saturated rings. The molecule has 4 aromatic rings. The van der Waals surface area contributed by atoms with Gasteiger partial charge in [-0.05, 0) is 48.4 Å². The zero-order chi connectivity index (χ0) is 20.5. The minimum atomic E-state index is -0.351. The molecule has 2 aromatic heterocycles. The minimum absolute atomic E-state index is 0.138. The standard InChI is InChI=1S/C22H17FN2O4S/c23-15-9-13(20-14(10-15)11-27-12-28-20)7-8-24-21(26)17-5-6-18(29-17)22-25-16-3-1-2-4-19(16)30-22/h1-6,9-10H,7-8,11-12H2,(H,24,26). The second-order valence-electron chi connectivity index (χ2n) is 6.82. The van der Waals surface area contributed by atoms with Gasteiger partial charge in [-0.25, -0.2) is 9.37 Å². The monoisotopic (exact) mass is 424 g/mol. The van der Waals surface area contributed by atoms with Crippen LogP contribution in [0.2, 0.25) is 0 Å². The number of benzene rings is 2. The molecular weight excluding hydrogens is 407 g/mol. The molecule has 0 spiro atoms. The molecule has 0 saturated carbocycles. The Kier molecular flexibility index (Phi) is 4.94. The van der Waals surface area contributed by atoms with Crippen molar-refractivity contribution in [2.24, 2.45) is 0 Å². The molecule has 0 radical (unpaired) electrons. The molecule has 3 heterocycles. The highest BCUT2D eigenvalue weighted by molar-refractivity contribution is 7.21. The first-order valence-electron chi connectivity index (χ1n) is 9.43. The molecule has 0 saturated heterocycles. The molecule has 0 bridgehead atoms. The normalized spacial score (nSPS) is 13.1. The largest absolute Gasteiger partial charge is 0.467 e. The summed E-state index contributed by atoms with van der Waals surface area (Å²) >= 11 is 1.51. The fraction of sp³-hybridized carbons (Fsp3) is 0.182. The van der Waals surface area contributed by atoms with Crippen LogP contribution in [-0.4, -0.2) is 24.2 Å². The summed E-state index contributed by atoms with van der Waals surface area (Å²) in [5.74, 6) is 0.699. The maximum Gasteiger partial charge on any atom is 0.287 e. The number of hydrogen-bond acceptors (Lipinski definition) is 6. The van der Waals surface area contributed by atoms with Crippen molar-refractivity contribution in [3.8, 4) is 16.5 Å². The Labute approximate surface area is 175 Å². The molecular formula is C22H17FN2O4S. The Bertz CT molecular complexity index is 1200. The number of carbonyl (C=O) groups excluding carboxylic acids is 1. The Morgan fingerprint density at radius 3 is 3.00 bits per heavy atom. The van der Waals surface area contributed by atoms with Crippen molar-refractivity contribution in [1.82, 2.24) is 10.3 Å². The molecule has 0 aliphatic carbocycles. The zero-order valence-corrected chi connectivity index (χ0v) is 16.6. The van der Waals surface area contributed by atoms with Crippen LogP contribution < -0.4 is 10.1 Å². The summed E-state index contributed by atoms with van der Waals surface area (Å²) in [6.07, 6.45) is 0.428. The molecule has 0 atom stereocenters. The van der Waals surface area contributed by atoms with E-state index < -0.39 is 0 Å². The van der Waals surface area contributed by atoms with Crippen LogP contribution in [-0.2, 0) is 17.8 Å². The first-order valence-corrected chi connectivity index (χ1v) is 10.2. The van der Waals surface area contributed by atoms with Crippen LogP contribution in [0.4, 0.5) is 4.39 Å². The number of hydrogen-bond donors (Lipinski definition) is 1. The minimum Gasteiger partial charge on any atom is -0.467 e. The fourth-order valence-electron chi connectivity index (χ4n) is 3.39. The number of nitrogens with zero attached hydrogens (tertiary/aromatic N) is 1. The number of fused-ring (bicyclic) bond motifs is 2. The second-order valence-corrected chi connectivity index (χ2v) is 7.85. The van der Waals surface area contributed by atoms with E-state index in [1.54, 1.807) is 12.1 Å². The lowest BCUT2D eigenvalue weighted by atomic mass is 10.1. The molecule has 1 N–H and O–H groups in total. The summed E-state index contributed by atoms with van der Waals surface area (Å²) in [5, 5.41) is 3.53. The summed E-state index contributed by atoms with van der Waals surface area (Å²) in [6.45, 7) is 0.766. The zero-order valence-electron chi connectivity index (χ0n) is 15.8. The van der Waals surface area contributed by atoms with Crippen molar-refractivity contribution >= 4 is 27.5 Å². The van der Waals surface area contributed by atoms with Crippen LogP contribution in [0.3, 0.4) is 0 Å². The van der Waals surface area contributed by atoms with E-state index in [4.69, 9.17) is 13.9 Å². The lowest BCUT2D eigenvalue weighted by Gasteiger charge is -2.20. The van der Waals surface area contributed by atoms with Crippen LogP contribution in [0.5, 0.6) is 5.75 Å². The summed E-state index contributed by atoms with van der Waals surface area (Å²) in [4.78, 5) is 17.0. The van der Waals surface area contributed by atoms with E-state index in [1.807, 2.05) is 24.3 Å². The third-order valence-electron chi connectivity index (χ3n) is 4.77. The van der Waals surface area contributed by atoms with Crippen LogP contribution in [0, 0.1) is 5.82 Å². The number of furan rings is 1. The summed E-state index contributed by atoms with van der Waals surface area (Å²) < 4.78 is 31.3. The predicted molar refractivity (Wildman–Crippen MR) is 110 cm³/mol. The van der Waals surface area contributed by atoms with Gasteiger partial charge in [-0.1, -0.05) is 12.1 Å². The predicted octanol–water partition coefficient (Wildman–Crippen LogP) is 4.53. The Hall–Kier alpha value is -3.23. The van der Waals surface area contributed by atoms with E-state index in [0.29, 0.717) is 42.2 Å². The third kappa shape index (κ3) is 3.67. The van der Waals surface area contributed by atoms with Gasteiger partial charge in [-0.15, -0.1) is 11.3 Å². The Morgan fingerprint density at radius 1 is 1.20 bits per heavy atom. The number of ether oxygens (including phenoxy) is 2. The van der Waals surface area contributed by atoms with Crippen LogP contribution in [0.15, 0.2) is 52.9 Å². The Balaban J connectivity index is 1.25. The number of aromatic nitrogens is 1. The van der Waals surface area contributed by atoms with Crippen molar-refractivity contribution in [1.29, 1.82) is 0 Å². The van der Waals surface area contributed by atoms with Gasteiger partial charge in [0.2, 0.25) is 0 Å². The molecule has 30 heavy (non-hydrogen) atoms.